The maximum absolute atomic E-state index is 5.83. The third kappa shape index (κ3) is 2.47. The predicted octanol–water partition coefficient (Wildman–Crippen LogP) is 1.19. The summed E-state index contributed by atoms with van der Waals surface area (Å²) in [6.07, 6.45) is 4.98. The second kappa shape index (κ2) is 5.38. The van der Waals surface area contributed by atoms with Gasteiger partial charge in [0.05, 0.1) is 24.6 Å². The Morgan fingerprint density at radius 3 is 3.24 bits per heavy atom. The summed E-state index contributed by atoms with van der Waals surface area (Å²) in [7, 11) is 0. The van der Waals surface area contributed by atoms with Crippen molar-refractivity contribution in [1.82, 2.24) is 24.7 Å². The molecule has 8 heteroatoms. The Balaban J connectivity index is 1.56. The van der Waals surface area contributed by atoms with E-state index in [2.05, 4.69) is 36.4 Å². The molecule has 4 heterocycles. The molecule has 0 bridgehead atoms. The van der Waals surface area contributed by atoms with E-state index < -0.39 is 0 Å². The molecular weight excluding hydrogens is 288 g/mol. The van der Waals surface area contributed by atoms with Crippen LogP contribution in [0.3, 0.4) is 0 Å². The fraction of sp³-hybridized carbons (Fsp3) is 0.385. The molecule has 7 nitrogen and oxygen atoms in total. The van der Waals surface area contributed by atoms with Crippen LogP contribution in [0.5, 0.6) is 0 Å². The van der Waals surface area contributed by atoms with E-state index >= 15 is 0 Å². The predicted molar refractivity (Wildman–Crippen MR) is 79.4 cm³/mol. The van der Waals surface area contributed by atoms with Gasteiger partial charge in [0.1, 0.15) is 29.6 Å². The maximum Gasteiger partial charge on any atom is 0.140 e. The third-order valence-corrected chi connectivity index (χ3v) is 4.36. The summed E-state index contributed by atoms with van der Waals surface area (Å²) in [5.41, 5.74) is 0. The molecule has 1 saturated heterocycles. The van der Waals surface area contributed by atoms with Gasteiger partial charge in [0, 0.05) is 13.1 Å². The van der Waals surface area contributed by atoms with Crippen LogP contribution in [0.1, 0.15) is 0 Å². The molecule has 0 unspecified atom stereocenters. The number of aromatic nitrogens is 5. The van der Waals surface area contributed by atoms with Crippen molar-refractivity contribution >= 4 is 27.4 Å². The summed E-state index contributed by atoms with van der Waals surface area (Å²) >= 11 is 1.64. The molecule has 0 radical (unpaired) electrons. The number of fused-ring (bicyclic) bond motifs is 1. The van der Waals surface area contributed by atoms with E-state index in [0.717, 1.165) is 29.1 Å². The van der Waals surface area contributed by atoms with Gasteiger partial charge in [-0.3, -0.25) is 4.68 Å². The molecule has 21 heavy (non-hydrogen) atoms. The van der Waals surface area contributed by atoms with Crippen molar-refractivity contribution in [2.45, 2.75) is 12.6 Å². The van der Waals surface area contributed by atoms with Crippen molar-refractivity contribution in [1.29, 1.82) is 0 Å². The Labute approximate surface area is 125 Å². The third-order valence-electron chi connectivity index (χ3n) is 3.54. The van der Waals surface area contributed by atoms with E-state index in [1.165, 1.54) is 0 Å². The summed E-state index contributed by atoms with van der Waals surface area (Å²) in [6, 6.07) is 2.08. The van der Waals surface area contributed by atoms with Crippen LogP contribution < -0.4 is 4.90 Å². The molecule has 0 saturated carbocycles. The van der Waals surface area contributed by atoms with Crippen LogP contribution in [0, 0.1) is 0 Å². The summed E-state index contributed by atoms with van der Waals surface area (Å²) < 4.78 is 7.63. The van der Waals surface area contributed by atoms with E-state index in [1.807, 2.05) is 0 Å². The fourth-order valence-electron chi connectivity index (χ4n) is 2.59. The lowest BCUT2D eigenvalue weighted by Crippen LogP contribution is -2.44. The Hall–Kier alpha value is -2.06. The van der Waals surface area contributed by atoms with Crippen LogP contribution in [0.15, 0.2) is 30.4 Å². The number of rotatable bonds is 3. The van der Waals surface area contributed by atoms with E-state index in [-0.39, 0.29) is 6.10 Å². The highest BCUT2D eigenvalue weighted by atomic mass is 32.1. The van der Waals surface area contributed by atoms with Gasteiger partial charge < -0.3 is 9.64 Å². The minimum Gasteiger partial charge on any atom is -0.373 e. The largest absolute Gasteiger partial charge is 0.373 e. The minimum absolute atomic E-state index is 0.0871. The minimum atomic E-state index is 0.0871. The van der Waals surface area contributed by atoms with Gasteiger partial charge in [-0.05, 0) is 11.4 Å². The number of nitrogens with zero attached hydrogens (tertiary/aromatic N) is 6. The van der Waals surface area contributed by atoms with Crippen LogP contribution in [0.4, 0.5) is 5.82 Å². The summed E-state index contributed by atoms with van der Waals surface area (Å²) in [6.45, 7) is 3.03. The van der Waals surface area contributed by atoms with Gasteiger partial charge in [-0.2, -0.15) is 5.10 Å². The molecule has 0 aromatic carbocycles. The van der Waals surface area contributed by atoms with Crippen LogP contribution in [-0.2, 0) is 11.3 Å². The highest BCUT2D eigenvalue weighted by molar-refractivity contribution is 7.16. The second-order valence-corrected chi connectivity index (χ2v) is 5.79. The second-order valence-electron chi connectivity index (χ2n) is 4.89. The normalized spacial score (nSPS) is 19.2. The van der Waals surface area contributed by atoms with Gasteiger partial charge >= 0.3 is 0 Å². The van der Waals surface area contributed by atoms with E-state index in [1.54, 1.807) is 35.0 Å². The molecule has 3 aromatic rings. The smallest absolute Gasteiger partial charge is 0.140 e. The van der Waals surface area contributed by atoms with Crippen LogP contribution in [0.2, 0.25) is 0 Å². The molecular formula is C13H14N6OS. The monoisotopic (exact) mass is 302 g/mol. The molecule has 1 fully saturated rings. The number of hydrogen-bond acceptors (Lipinski definition) is 7. The fourth-order valence-corrected chi connectivity index (χ4v) is 3.31. The van der Waals surface area contributed by atoms with Gasteiger partial charge in [0.15, 0.2) is 0 Å². The number of hydrogen-bond donors (Lipinski definition) is 0. The maximum atomic E-state index is 5.83. The first-order chi connectivity index (χ1) is 10.4. The topological polar surface area (TPSA) is 69.0 Å². The van der Waals surface area contributed by atoms with Crippen LogP contribution in [0.25, 0.3) is 10.2 Å². The number of anilines is 1. The molecule has 0 aliphatic carbocycles. The molecule has 108 valence electrons. The SMILES string of the molecule is c1nc(N2CCO[C@H](Cn3cncn3)C2)c2ccsc2n1. The quantitative estimate of drug-likeness (QED) is 0.724. The zero-order chi connectivity index (χ0) is 14.1. The first-order valence-corrected chi connectivity index (χ1v) is 7.65. The Morgan fingerprint density at radius 1 is 1.33 bits per heavy atom. The summed E-state index contributed by atoms with van der Waals surface area (Å²) in [5.74, 6) is 0.994. The van der Waals surface area contributed by atoms with E-state index in [0.29, 0.717) is 13.2 Å². The van der Waals surface area contributed by atoms with Gasteiger partial charge in [-0.25, -0.2) is 15.0 Å². The van der Waals surface area contributed by atoms with Gasteiger partial charge in [-0.1, -0.05) is 0 Å². The van der Waals surface area contributed by atoms with Crippen molar-refractivity contribution in [3.8, 4) is 0 Å². The molecule has 1 aliphatic heterocycles. The zero-order valence-electron chi connectivity index (χ0n) is 11.3. The molecule has 1 aliphatic rings. The number of thiophene rings is 1. The van der Waals surface area contributed by atoms with Gasteiger partial charge in [0.25, 0.3) is 0 Å². The molecule has 4 rings (SSSR count). The molecule has 0 N–H and O–H groups in total. The lowest BCUT2D eigenvalue weighted by atomic mass is 10.2. The van der Waals surface area contributed by atoms with E-state index in [9.17, 15) is 0 Å². The van der Waals surface area contributed by atoms with Gasteiger partial charge in [0.2, 0.25) is 0 Å². The number of ether oxygens (including phenoxy) is 1. The molecule has 0 spiro atoms. The first kappa shape index (κ1) is 12.7. The Kier molecular flexibility index (Phi) is 3.24. The lowest BCUT2D eigenvalue weighted by Gasteiger charge is -2.33. The van der Waals surface area contributed by atoms with Crippen molar-refractivity contribution in [2.75, 3.05) is 24.6 Å². The highest BCUT2D eigenvalue weighted by Gasteiger charge is 2.23. The van der Waals surface area contributed by atoms with Crippen LogP contribution in [-0.4, -0.2) is 50.5 Å². The standard InChI is InChI=1S/C13H14N6OS/c1-4-21-13-11(1)12(15-8-16-13)18-2-3-20-10(5-18)6-19-9-14-7-17-19/h1,4,7-10H,2-3,5-6H2/t10-/m0/s1. The molecule has 3 aromatic heterocycles. The average molecular weight is 302 g/mol. The summed E-state index contributed by atoms with van der Waals surface area (Å²) in [5, 5.41) is 7.30. The summed E-state index contributed by atoms with van der Waals surface area (Å²) in [4.78, 5) is 16.0. The lowest BCUT2D eigenvalue weighted by molar-refractivity contribution is 0.0272. The molecule has 1 atom stereocenters. The van der Waals surface area contributed by atoms with Crippen molar-refractivity contribution in [2.24, 2.45) is 0 Å². The van der Waals surface area contributed by atoms with Crippen molar-refractivity contribution < 1.29 is 4.74 Å². The van der Waals surface area contributed by atoms with Crippen LogP contribution >= 0.6 is 11.3 Å². The van der Waals surface area contributed by atoms with Crippen molar-refractivity contribution in [3.05, 3.63) is 30.4 Å². The van der Waals surface area contributed by atoms with Crippen molar-refractivity contribution in [3.63, 3.8) is 0 Å². The molecule has 0 amide bonds. The van der Waals surface area contributed by atoms with Gasteiger partial charge in [-0.15, -0.1) is 11.3 Å². The average Bonchev–Trinajstić information content (AvgIpc) is 3.18. The van der Waals surface area contributed by atoms with E-state index in [4.69, 9.17) is 4.74 Å². The number of morpholine rings is 1. The first-order valence-electron chi connectivity index (χ1n) is 6.77. The Bertz CT molecular complexity index is 727. The Morgan fingerprint density at radius 2 is 2.33 bits per heavy atom. The highest BCUT2D eigenvalue weighted by Crippen LogP contribution is 2.27. The zero-order valence-corrected chi connectivity index (χ0v) is 12.1.